The molecule has 7 heteroatoms. The highest BCUT2D eigenvalue weighted by Crippen LogP contribution is 2.21. The number of aryl methyl sites for hydroxylation is 1. The van der Waals surface area contributed by atoms with Gasteiger partial charge < -0.3 is 5.32 Å². The van der Waals surface area contributed by atoms with Crippen LogP contribution in [0.15, 0.2) is 32.8 Å². The molecule has 0 unspecified atom stereocenters. The van der Waals surface area contributed by atoms with Crippen molar-refractivity contribution in [3.05, 3.63) is 49.0 Å². The Morgan fingerprint density at radius 1 is 1.42 bits per heavy atom. The molecule has 1 N–H and O–H groups in total. The monoisotopic (exact) mass is 341 g/mol. The van der Waals surface area contributed by atoms with Crippen LogP contribution in [0.3, 0.4) is 0 Å². The fourth-order valence-corrected chi connectivity index (χ4v) is 2.98. The molecule has 0 saturated heterocycles. The van der Waals surface area contributed by atoms with Crippen molar-refractivity contribution >= 4 is 33.2 Å². The lowest BCUT2D eigenvalue weighted by Crippen LogP contribution is -2.29. The van der Waals surface area contributed by atoms with Crippen LogP contribution < -0.4 is 10.9 Å². The molecule has 0 aromatic carbocycles. The van der Waals surface area contributed by atoms with Crippen molar-refractivity contribution in [3.63, 3.8) is 0 Å². The summed E-state index contributed by atoms with van der Waals surface area (Å²) in [5.74, 6) is -0.272. The summed E-state index contributed by atoms with van der Waals surface area (Å²) < 4.78 is 2.22. The van der Waals surface area contributed by atoms with E-state index >= 15 is 0 Å². The van der Waals surface area contributed by atoms with Crippen LogP contribution in [0.5, 0.6) is 0 Å². The van der Waals surface area contributed by atoms with Crippen molar-refractivity contribution in [1.82, 2.24) is 15.1 Å². The molecule has 5 nitrogen and oxygen atoms in total. The highest BCUT2D eigenvalue weighted by atomic mass is 79.9. The molecule has 0 radical (unpaired) electrons. The lowest BCUT2D eigenvalue weighted by molar-refractivity contribution is 0.0947. The number of halogens is 1. The maximum absolute atomic E-state index is 11.8. The van der Waals surface area contributed by atoms with Crippen LogP contribution in [0.2, 0.25) is 0 Å². The van der Waals surface area contributed by atoms with Crippen LogP contribution in [0.25, 0.3) is 0 Å². The van der Waals surface area contributed by atoms with Gasteiger partial charge >= 0.3 is 0 Å². The first-order chi connectivity index (χ1) is 9.06. The van der Waals surface area contributed by atoms with Crippen molar-refractivity contribution in [2.75, 3.05) is 6.54 Å². The fraction of sp³-hybridized carbons (Fsp3) is 0.250. The SMILES string of the molecule is Cn1nc(C(=O)NCCc2ccc(Br)s2)ccc1=O. The van der Waals surface area contributed by atoms with Gasteiger partial charge in [0.25, 0.3) is 11.5 Å². The van der Waals surface area contributed by atoms with Gasteiger partial charge in [-0.1, -0.05) is 0 Å². The van der Waals surface area contributed by atoms with E-state index in [1.54, 1.807) is 11.3 Å². The highest BCUT2D eigenvalue weighted by Gasteiger charge is 2.08. The first-order valence-corrected chi connectivity index (χ1v) is 7.24. The Bertz CT molecular complexity index is 650. The second-order valence-electron chi connectivity index (χ2n) is 3.89. The van der Waals surface area contributed by atoms with Crippen molar-refractivity contribution in [2.45, 2.75) is 6.42 Å². The number of carbonyl (C=O) groups excluding carboxylic acids is 1. The molecule has 2 heterocycles. The number of amides is 1. The summed E-state index contributed by atoms with van der Waals surface area (Å²) >= 11 is 5.04. The summed E-state index contributed by atoms with van der Waals surface area (Å²) in [6.45, 7) is 0.538. The van der Waals surface area contributed by atoms with E-state index in [9.17, 15) is 9.59 Å². The molecule has 2 rings (SSSR count). The lowest BCUT2D eigenvalue weighted by atomic mass is 10.3. The Kier molecular flexibility index (Phi) is 4.49. The maximum Gasteiger partial charge on any atom is 0.271 e. The van der Waals surface area contributed by atoms with Gasteiger partial charge in [-0.3, -0.25) is 9.59 Å². The average molecular weight is 342 g/mol. The van der Waals surface area contributed by atoms with E-state index in [1.165, 1.54) is 24.1 Å². The van der Waals surface area contributed by atoms with Crippen LogP contribution in [0.4, 0.5) is 0 Å². The number of thiophene rings is 1. The summed E-state index contributed by atoms with van der Waals surface area (Å²) in [7, 11) is 1.52. The van der Waals surface area contributed by atoms with E-state index in [4.69, 9.17) is 0 Å². The number of rotatable bonds is 4. The molecule has 0 aliphatic carbocycles. The topological polar surface area (TPSA) is 64.0 Å². The van der Waals surface area contributed by atoms with Gasteiger partial charge in [-0.05, 0) is 40.5 Å². The van der Waals surface area contributed by atoms with E-state index in [-0.39, 0.29) is 17.2 Å². The number of aromatic nitrogens is 2. The average Bonchev–Trinajstić information content (AvgIpc) is 2.78. The molecule has 2 aromatic heterocycles. The number of hydrogen-bond acceptors (Lipinski definition) is 4. The van der Waals surface area contributed by atoms with Gasteiger partial charge in [0.1, 0.15) is 5.69 Å². The van der Waals surface area contributed by atoms with E-state index in [0.717, 1.165) is 14.9 Å². The minimum absolute atomic E-state index is 0.236. The molecule has 19 heavy (non-hydrogen) atoms. The van der Waals surface area contributed by atoms with Gasteiger partial charge in [0.05, 0.1) is 3.79 Å². The summed E-state index contributed by atoms with van der Waals surface area (Å²) in [6.07, 6.45) is 0.772. The second-order valence-corrected chi connectivity index (χ2v) is 6.44. The van der Waals surface area contributed by atoms with E-state index in [1.807, 2.05) is 12.1 Å². The van der Waals surface area contributed by atoms with Gasteiger partial charge in [-0.2, -0.15) is 5.10 Å². The third-order valence-electron chi connectivity index (χ3n) is 2.48. The second kappa shape index (κ2) is 6.12. The molecule has 0 spiro atoms. The minimum atomic E-state index is -0.272. The Labute approximate surface area is 122 Å². The standard InChI is InChI=1S/C12H12BrN3O2S/c1-16-11(17)5-3-9(15-16)12(18)14-7-6-8-2-4-10(13)19-8/h2-5H,6-7H2,1H3,(H,14,18). The number of nitrogens with one attached hydrogen (secondary N) is 1. The Morgan fingerprint density at radius 3 is 2.84 bits per heavy atom. The highest BCUT2D eigenvalue weighted by molar-refractivity contribution is 9.11. The van der Waals surface area contributed by atoms with E-state index in [2.05, 4.69) is 26.3 Å². The third kappa shape index (κ3) is 3.74. The lowest BCUT2D eigenvalue weighted by Gasteiger charge is -2.04. The number of carbonyl (C=O) groups is 1. The van der Waals surface area contributed by atoms with Crippen molar-refractivity contribution in [3.8, 4) is 0 Å². The van der Waals surface area contributed by atoms with E-state index in [0.29, 0.717) is 6.54 Å². The van der Waals surface area contributed by atoms with Crippen LogP contribution in [-0.4, -0.2) is 22.2 Å². The molecule has 0 fully saturated rings. The van der Waals surface area contributed by atoms with Gasteiger partial charge in [0.2, 0.25) is 0 Å². The molecule has 0 aliphatic rings. The smallest absolute Gasteiger partial charge is 0.271 e. The molecule has 0 saturated carbocycles. The van der Waals surface area contributed by atoms with Crippen molar-refractivity contribution < 1.29 is 4.79 Å². The quantitative estimate of drug-likeness (QED) is 0.918. The normalized spacial score (nSPS) is 10.4. The molecule has 0 atom stereocenters. The zero-order chi connectivity index (χ0) is 13.8. The van der Waals surface area contributed by atoms with Crippen LogP contribution in [0.1, 0.15) is 15.4 Å². The van der Waals surface area contributed by atoms with Gasteiger partial charge in [0.15, 0.2) is 0 Å². The van der Waals surface area contributed by atoms with Crippen LogP contribution in [-0.2, 0) is 13.5 Å². The molecule has 100 valence electrons. The van der Waals surface area contributed by atoms with E-state index < -0.39 is 0 Å². The van der Waals surface area contributed by atoms with Gasteiger partial charge in [-0.15, -0.1) is 11.3 Å². The molecular formula is C12H12BrN3O2S. The van der Waals surface area contributed by atoms with Gasteiger partial charge in [0, 0.05) is 24.5 Å². The maximum atomic E-state index is 11.8. The summed E-state index contributed by atoms with van der Waals surface area (Å²) in [5, 5.41) is 6.67. The molecule has 2 aromatic rings. The summed E-state index contributed by atoms with van der Waals surface area (Å²) in [5.41, 5.74) is 0.00875. The first-order valence-electron chi connectivity index (χ1n) is 5.63. The number of hydrogen-bond donors (Lipinski definition) is 1. The Hall–Kier alpha value is -1.47. The number of nitrogens with zero attached hydrogens (tertiary/aromatic N) is 2. The first kappa shape index (κ1) is 14.0. The minimum Gasteiger partial charge on any atom is -0.350 e. The summed E-state index contributed by atoms with van der Waals surface area (Å²) in [4.78, 5) is 24.2. The summed E-state index contributed by atoms with van der Waals surface area (Å²) in [6, 6.07) is 6.76. The van der Waals surface area contributed by atoms with Crippen molar-refractivity contribution in [1.29, 1.82) is 0 Å². The predicted octanol–water partition coefficient (Wildman–Crippen LogP) is 1.58. The third-order valence-corrected chi connectivity index (χ3v) is 4.16. The zero-order valence-electron chi connectivity index (χ0n) is 10.2. The molecule has 0 aliphatic heterocycles. The largest absolute Gasteiger partial charge is 0.350 e. The fourth-order valence-electron chi connectivity index (χ4n) is 1.50. The predicted molar refractivity (Wildman–Crippen MR) is 77.5 cm³/mol. The van der Waals surface area contributed by atoms with Crippen LogP contribution in [0, 0.1) is 0 Å². The van der Waals surface area contributed by atoms with Gasteiger partial charge in [-0.25, -0.2) is 4.68 Å². The molecule has 0 bridgehead atoms. The molecule has 1 amide bonds. The Morgan fingerprint density at radius 2 is 2.21 bits per heavy atom. The zero-order valence-corrected chi connectivity index (χ0v) is 12.6. The Balaban J connectivity index is 1.90. The van der Waals surface area contributed by atoms with Crippen LogP contribution >= 0.6 is 27.3 Å². The van der Waals surface area contributed by atoms with Crippen molar-refractivity contribution in [2.24, 2.45) is 7.05 Å². The molecular weight excluding hydrogens is 330 g/mol.